The van der Waals surface area contributed by atoms with Gasteiger partial charge in [0, 0.05) is 16.5 Å². The Morgan fingerprint density at radius 3 is 3.00 bits per heavy atom. The summed E-state index contributed by atoms with van der Waals surface area (Å²) in [4.78, 5) is 3.19. The molecule has 0 aliphatic heterocycles. The molecule has 1 aromatic carbocycles. The number of hydrogen-bond acceptors (Lipinski definition) is 1. The molecule has 2 nitrogen and oxygen atoms in total. The lowest BCUT2D eigenvalue weighted by Crippen LogP contribution is -1.93. The van der Waals surface area contributed by atoms with Gasteiger partial charge in [-0.3, -0.25) is 0 Å². The number of aryl methyl sites for hydroxylation is 2. The first-order valence-electron chi connectivity index (χ1n) is 5.33. The summed E-state index contributed by atoms with van der Waals surface area (Å²) in [7, 11) is 0. The van der Waals surface area contributed by atoms with Crippen molar-refractivity contribution < 1.29 is 0 Å². The Kier molecular flexibility index (Phi) is 1.66. The summed E-state index contributed by atoms with van der Waals surface area (Å²) in [5.41, 5.74) is 9.85. The van der Waals surface area contributed by atoms with Crippen LogP contribution >= 0.6 is 0 Å². The Morgan fingerprint density at radius 2 is 2.13 bits per heavy atom. The van der Waals surface area contributed by atoms with Crippen LogP contribution in [-0.2, 0) is 6.42 Å². The Balaban J connectivity index is 2.38. The number of anilines is 1. The number of rotatable bonds is 0. The number of nitrogens with two attached hydrogens (primary N) is 1. The number of nitrogens with one attached hydrogen (secondary N) is 1. The van der Waals surface area contributed by atoms with Crippen LogP contribution in [0.5, 0.6) is 0 Å². The third-order valence-electron chi connectivity index (χ3n) is 3.17. The average Bonchev–Trinajstić information content (AvgIpc) is 2.52. The fraction of sp³-hybridized carbons (Fsp3) is 0.231. The summed E-state index contributed by atoms with van der Waals surface area (Å²) < 4.78 is 0. The lowest BCUT2D eigenvalue weighted by Gasteiger charge is -2.10. The molecule has 76 valence electrons. The van der Waals surface area contributed by atoms with Gasteiger partial charge in [0.1, 0.15) is 5.82 Å². The first-order chi connectivity index (χ1) is 7.25. The van der Waals surface area contributed by atoms with Crippen LogP contribution in [0.2, 0.25) is 0 Å². The largest absolute Gasteiger partial charge is 0.385 e. The van der Waals surface area contributed by atoms with E-state index in [0.717, 1.165) is 24.0 Å². The molecule has 1 aromatic heterocycles. The number of fused-ring (bicyclic) bond motifs is 2. The van der Waals surface area contributed by atoms with Crippen LogP contribution in [-0.4, -0.2) is 4.98 Å². The van der Waals surface area contributed by atoms with Gasteiger partial charge in [-0.25, -0.2) is 0 Å². The Morgan fingerprint density at radius 1 is 1.27 bits per heavy atom. The zero-order chi connectivity index (χ0) is 10.4. The van der Waals surface area contributed by atoms with E-state index in [1.54, 1.807) is 0 Å². The third kappa shape index (κ3) is 1.18. The van der Waals surface area contributed by atoms with E-state index in [9.17, 15) is 0 Å². The van der Waals surface area contributed by atoms with E-state index in [0.29, 0.717) is 0 Å². The SMILES string of the molecule is Cc1[nH]c(N)c2cc3c(cc12)CCC=C3. The van der Waals surface area contributed by atoms with Crippen molar-refractivity contribution in [1.29, 1.82) is 0 Å². The minimum absolute atomic E-state index is 0.782. The standard InChI is InChI=1S/C13H14N2/c1-8-11-6-9-4-2-3-5-10(9)7-12(11)13(14)15-8/h3,5-7,15H,2,4,14H2,1H3. The van der Waals surface area contributed by atoms with Crippen molar-refractivity contribution in [3.05, 3.63) is 35.0 Å². The van der Waals surface area contributed by atoms with Crippen LogP contribution in [0.15, 0.2) is 18.2 Å². The highest BCUT2D eigenvalue weighted by Crippen LogP contribution is 2.30. The van der Waals surface area contributed by atoms with Gasteiger partial charge in [-0.05, 0) is 43.0 Å². The summed E-state index contributed by atoms with van der Waals surface area (Å²) in [5, 5.41) is 2.42. The molecule has 0 spiro atoms. The molecule has 0 bridgehead atoms. The van der Waals surface area contributed by atoms with E-state index in [2.05, 4.69) is 36.2 Å². The maximum atomic E-state index is 5.93. The molecule has 3 N–H and O–H groups in total. The summed E-state index contributed by atoms with van der Waals surface area (Å²) in [6.45, 7) is 2.07. The Hall–Kier alpha value is -1.70. The number of benzene rings is 1. The molecule has 0 amide bonds. The van der Waals surface area contributed by atoms with Gasteiger partial charge in [0.25, 0.3) is 0 Å². The van der Waals surface area contributed by atoms with Crippen LogP contribution in [0, 0.1) is 6.92 Å². The van der Waals surface area contributed by atoms with Gasteiger partial charge < -0.3 is 10.7 Å². The molecule has 0 saturated carbocycles. The van der Waals surface area contributed by atoms with Crippen LogP contribution in [0.25, 0.3) is 16.8 Å². The number of H-pyrrole nitrogens is 1. The van der Waals surface area contributed by atoms with E-state index in [-0.39, 0.29) is 0 Å². The molecule has 1 heterocycles. The number of aromatic nitrogens is 1. The number of allylic oxidation sites excluding steroid dienone is 1. The molecule has 2 aromatic rings. The van der Waals surface area contributed by atoms with Crippen molar-refractivity contribution in [1.82, 2.24) is 4.98 Å². The molecule has 0 atom stereocenters. The fourth-order valence-electron chi connectivity index (χ4n) is 2.35. The Bertz CT molecular complexity index is 561. The molecule has 3 rings (SSSR count). The minimum Gasteiger partial charge on any atom is -0.385 e. The number of aromatic amines is 1. The molecule has 1 aliphatic rings. The fourth-order valence-corrected chi connectivity index (χ4v) is 2.35. The van der Waals surface area contributed by atoms with Crippen LogP contribution < -0.4 is 5.73 Å². The van der Waals surface area contributed by atoms with Crippen molar-refractivity contribution >= 4 is 22.7 Å². The summed E-state index contributed by atoms with van der Waals surface area (Å²) in [5.74, 6) is 0.782. The van der Waals surface area contributed by atoms with Crippen molar-refractivity contribution in [2.45, 2.75) is 19.8 Å². The van der Waals surface area contributed by atoms with E-state index >= 15 is 0 Å². The molecule has 15 heavy (non-hydrogen) atoms. The maximum absolute atomic E-state index is 5.93. The first-order valence-corrected chi connectivity index (χ1v) is 5.33. The van der Waals surface area contributed by atoms with Crippen LogP contribution in [0.4, 0.5) is 5.82 Å². The summed E-state index contributed by atoms with van der Waals surface area (Å²) >= 11 is 0. The van der Waals surface area contributed by atoms with Crippen molar-refractivity contribution in [2.24, 2.45) is 0 Å². The van der Waals surface area contributed by atoms with Gasteiger partial charge in [0.05, 0.1) is 0 Å². The van der Waals surface area contributed by atoms with E-state index in [1.165, 1.54) is 22.2 Å². The topological polar surface area (TPSA) is 41.8 Å². The van der Waals surface area contributed by atoms with E-state index < -0.39 is 0 Å². The molecular formula is C13H14N2. The zero-order valence-corrected chi connectivity index (χ0v) is 8.80. The van der Waals surface area contributed by atoms with Gasteiger partial charge in [0.2, 0.25) is 0 Å². The number of nitrogen functional groups attached to an aromatic ring is 1. The van der Waals surface area contributed by atoms with Crippen LogP contribution in [0.3, 0.4) is 0 Å². The van der Waals surface area contributed by atoms with E-state index in [4.69, 9.17) is 5.73 Å². The highest BCUT2D eigenvalue weighted by molar-refractivity contribution is 5.96. The van der Waals surface area contributed by atoms with Gasteiger partial charge in [-0.1, -0.05) is 12.2 Å². The normalized spacial score (nSPS) is 14.5. The molecule has 1 aliphatic carbocycles. The van der Waals surface area contributed by atoms with Gasteiger partial charge in [0.15, 0.2) is 0 Å². The lowest BCUT2D eigenvalue weighted by atomic mass is 9.94. The monoisotopic (exact) mass is 198 g/mol. The lowest BCUT2D eigenvalue weighted by molar-refractivity contribution is 0.989. The predicted molar refractivity (Wildman–Crippen MR) is 64.8 cm³/mol. The molecule has 0 unspecified atom stereocenters. The van der Waals surface area contributed by atoms with Crippen molar-refractivity contribution in [3.8, 4) is 0 Å². The third-order valence-corrected chi connectivity index (χ3v) is 3.17. The summed E-state index contributed by atoms with van der Waals surface area (Å²) in [6.07, 6.45) is 6.72. The van der Waals surface area contributed by atoms with Gasteiger partial charge in [-0.15, -0.1) is 0 Å². The Labute approximate surface area is 88.8 Å². The maximum Gasteiger partial charge on any atom is 0.108 e. The predicted octanol–water partition coefficient (Wildman–Crippen LogP) is 3.02. The van der Waals surface area contributed by atoms with Crippen molar-refractivity contribution in [3.63, 3.8) is 0 Å². The van der Waals surface area contributed by atoms with E-state index in [1.807, 2.05) is 0 Å². The molecule has 0 radical (unpaired) electrons. The average molecular weight is 198 g/mol. The highest BCUT2D eigenvalue weighted by Gasteiger charge is 2.10. The quantitative estimate of drug-likeness (QED) is 0.671. The second-order valence-corrected chi connectivity index (χ2v) is 4.20. The van der Waals surface area contributed by atoms with Gasteiger partial charge >= 0.3 is 0 Å². The second kappa shape index (κ2) is 2.89. The zero-order valence-electron chi connectivity index (χ0n) is 8.80. The first kappa shape index (κ1) is 8.60. The van der Waals surface area contributed by atoms with Gasteiger partial charge in [-0.2, -0.15) is 0 Å². The van der Waals surface area contributed by atoms with Crippen LogP contribution in [0.1, 0.15) is 23.2 Å². The van der Waals surface area contributed by atoms with Crippen molar-refractivity contribution in [2.75, 3.05) is 5.73 Å². The summed E-state index contributed by atoms with van der Waals surface area (Å²) in [6, 6.07) is 4.47. The molecular weight excluding hydrogens is 184 g/mol. The smallest absolute Gasteiger partial charge is 0.108 e. The highest BCUT2D eigenvalue weighted by atomic mass is 14.9. The molecule has 0 saturated heterocycles. The second-order valence-electron chi connectivity index (χ2n) is 4.20. The molecule has 2 heteroatoms. The molecule has 0 fully saturated rings. The minimum atomic E-state index is 0.782. The number of hydrogen-bond donors (Lipinski definition) is 2.